The SMILES string of the molecule is CCC(C(N)=O)N1CCN(C(C)c2cccc(OC)c2)CC1. The summed E-state index contributed by atoms with van der Waals surface area (Å²) in [6.45, 7) is 7.90. The Hall–Kier alpha value is -1.59. The van der Waals surface area contributed by atoms with Crippen molar-refractivity contribution in [3.8, 4) is 5.75 Å². The molecule has 2 N–H and O–H groups in total. The van der Waals surface area contributed by atoms with E-state index in [9.17, 15) is 4.79 Å². The zero-order chi connectivity index (χ0) is 16.1. The lowest BCUT2D eigenvalue weighted by atomic mass is 10.0. The van der Waals surface area contributed by atoms with E-state index in [1.54, 1.807) is 7.11 Å². The maximum atomic E-state index is 11.5. The van der Waals surface area contributed by atoms with Gasteiger partial charge in [-0.3, -0.25) is 14.6 Å². The van der Waals surface area contributed by atoms with Crippen LogP contribution in [0.1, 0.15) is 31.9 Å². The minimum Gasteiger partial charge on any atom is -0.497 e. The van der Waals surface area contributed by atoms with Gasteiger partial charge in [-0.15, -0.1) is 0 Å². The van der Waals surface area contributed by atoms with Gasteiger partial charge >= 0.3 is 0 Å². The second-order valence-corrected chi connectivity index (χ2v) is 5.85. The zero-order valence-electron chi connectivity index (χ0n) is 13.8. The largest absolute Gasteiger partial charge is 0.497 e. The fraction of sp³-hybridized carbons (Fsp3) is 0.588. The molecule has 0 bridgehead atoms. The lowest BCUT2D eigenvalue weighted by Gasteiger charge is -2.40. The molecule has 1 fully saturated rings. The van der Waals surface area contributed by atoms with Crippen LogP contribution >= 0.6 is 0 Å². The van der Waals surface area contributed by atoms with Crippen LogP contribution in [0.15, 0.2) is 24.3 Å². The van der Waals surface area contributed by atoms with Crippen LogP contribution in [-0.4, -0.2) is 55.0 Å². The maximum absolute atomic E-state index is 11.5. The number of ether oxygens (including phenoxy) is 1. The number of nitrogens with two attached hydrogens (primary N) is 1. The van der Waals surface area contributed by atoms with Crippen molar-refractivity contribution in [1.82, 2.24) is 9.80 Å². The van der Waals surface area contributed by atoms with E-state index in [-0.39, 0.29) is 11.9 Å². The summed E-state index contributed by atoms with van der Waals surface area (Å²) < 4.78 is 5.30. The Labute approximate surface area is 133 Å². The topological polar surface area (TPSA) is 58.8 Å². The number of benzene rings is 1. The van der Waals surface area contributed by atoms with Gasteiger partial charge in [0.2, 0.25) is 5.91 Å². The molecule has 1 amide bonds. The van der Waals surface area contributed by atoms with E-state index in [1.807, 2.05) is 19.1 Å². The first-order valence-corrected chi connectivity index (χ1v) is 7.98. The smallest absolute Gasteiger partial charge is 0.234 e. The Balaban J connectivity index is 1.97. The van der Waals surface area contributed by atoms with Gasteiger partial charge in [0.05, 0.1) is 13.2 Å². The number of piperazine rings is 1. The summed E-state index contributed by atoms with van der Waals surface area (Å²) in [5.74, 6) is 0.680. The van der Waals surface area contributed by atoms with Crippen LogP contribution in [0.3, 0.4) is 0 Å². The van der Waals surface area contributed by atoms with Crippen molar-refractivity contribution in [2.75, 3.05) is 33.3 Å². The second-order valence-electron chi connectivity index (χ2n) is 5.85. The molecule has 122 valence electrons. The van der Waals surface area contributed by atoms with Crippen molar-refractivity contribution in [3.63, 3.8) is 0 Å². The summed E-state index contributed by atoms with van der Waals surface area (Å²) in [6.07, 6.45) is 0.779. The van der Waals surface area contributed by atoms with Crippen LogP contribution in [-0.2, 0) is 4.79 Å². The zero-order valence-corrected chi connectivity index (χ0v) is 13.8. The third-order valence-electron chi connectivity index (χ3n) is 4.63. The van der Waals surface area contributed by atoms with Gasteiger partial charge in [0.1, 0.15) is 5.75 Å². The summed E-state index contributed by atoms with van der Waals surface area (Å²) >= 11 is 0. The molecule has 1 saturated heterocycles. The number of nitrogens with zero attached hydrogens (tertiary/aromatic N) is 2. The summed E-state index contributed by atoms with van der Waals surface area (Å²) in [5, 5.41) is 0. The van der Waals surface area contributed by atoms with Crippen LogP contribution in [0.25, 0.3) is 0 Å². The second kappa shape index (κ2) is 7.61. The molecular formula is C17H27N3O2. The molecule has 0 aliphatic carbocycles. The number of carbonyl (C=O) groups is 1. The molecule has 1 aromatic carbocycles. The molecule has 2 rings (SSSR count). The van der Waals surface area contributed by atoms with E-state index in [0.717, 1.165) is 38.3 Å². The van der Waals surface area contributed by atoms with Gasteiger partial charge in [-0.2, -0.15) is 0 Å². The predicted octanol–water partition coefficient (Wildman–Crippen LogP) is 1.64. The molecule has 1 heterocycles. The first-order chi connectivity index (χ1) is 10.6. The van der Waals surface area contributed by atoms with Crippen molar-refractivity contribution in [3.05, 3.63) is 29.8 Å². The van der Waals surface area contributed by atoms with Crippen molar-refractivity contribution >= 4 is 5.91 Å². The van der Waals surface area contributed by atoms with Crippen molar-refractivity contribution in [1.29, 1.82) is 0 Å². The highest BCUT2D eigenvalue weighted by Gasteiger charge is 2.28. The molecule has 22 heavy (non-hydrogen) atoms. The molecule has 0 saturated carbocycles. The third-order valence-corrected chi connectivity index (χ3v) is 4.63. The number of amides is 1. The number of carbonyl (C=O) groups excluding carboxylic acids is 1. The number of hydrogen-bond acceptors (Lipinski definition) is 4. The van der Waals surface area contributed by atoms with Crippen molar-refractivity contribution in [2.24, 2.45) is 5.73 Å². The average Bonchev–Trinajstić information content (AvgIpc) is 2.55. The Bertz CT molecular complexity index is 498. The number of primary amides is 1. The highest BCUT2D eigenvalue weighted by atomic mass is 16.5. The predicted molar refractivity (Wildman–Crippen MR) is 87.8 cm³/mol. The lowest BCUT2D eigenvalue weighted by Crippen LogP contribution is -2.54. The summed E-state index contributed by atoms with van der Waals surface area (Å²) in [4.78, 5) is 16.1. The van der Waals surface area contributed by atoms with Gasteiger partial charge in [-0.05, 0) is 31.0 Å². The quantitative estimate of drug-likeness (QED) is 0.868. The van der Waals surface area contributed by atoms with Crippen LogP contribution < -0.4 is 10.5 Å². The van der Waals surface area contributed by atoms with Crippen LogP contribution in [0, 0.1) is 0 Å². The van der Waals surface area contributed by atoms with Gasteiger partial charge in [0, 0.05) is 32.2 Å². The van der Waals surface area contributed by atoms with Gasteiger partial charge in [-0.25, -0.2) is 0 Å². The summed E-state index contributed by atoms with van der Waals surface area (Å²) in [7, 11) is 1.69. The molecular weight excluding hydrogens is 278 g/mol. The Morgan fingerprint density at radius 3 is 2.45 bits per heavy atom. The third kappa shape index (κ3) is 3.78. The first-order valence-electron chi connectivity index (χ1n) is 7.98. The maximum Gasteiger partial charge on any atom is 0.234 e. The number of hydrogen-bond donors (Lipinski definition) is 1. The van der Waals surface area contributed by atoms with Crippen LogP contribution in [0.5, 0.6) is 5.75 Å². The van der Waals surface area contributed by atoms with Gasteiger partial charge in [0.15, 0.2) is 0 Å². The molecule has 1 aliphatic rings. The van der Waals surface area contributed by atoms with Gasteiger partial charge in [0.25, 0.3) is 0 Å². The van der Waals surface area contributed by atoms with E-state index in [0.29, 0.717) is 6.04 Å². The molecule has 5 heteroatoms. The molecule has 0 spiro atoms. The normalized spacial score (nSPS) is 19.6. The Morgan fingerprint density at radius 1 is 1.27 bits per heavy atom. The monoisotopic (exact) mass is 305 g/mol. The fourth-order valence-electron chi connectivity index (χ4n) is 3.19. The minimum absolute atomic E-state index is 0.130. The van der Waals surface area contributed by atoms with Crippen LogP contribution in [0.2, 0.25) is 0 Å². The number of methoxy groups -OCH3 is 1. The molecule has 0 radical (unpaired) electrons. The standard InChI is InChI=1S/C17H27N3O2/c1-4-16(17(18)21)20-10-8-19(9-11-20)13(2)14-6-5-7-15(12-14)22-3/h5-7,12-13,16H,4,8-11H2,1-3H3,(H2,18,21). The van der Waals surface area contributed by atoms with E-state index in [1.165, 1.54) is 5.56 Å². The molecule has 0 aromatic heterocycles. The van der Waals surface area contributed by atoms with E-state index >= 15 is 0 Å². The summed E-state index contributed by atoms with van der Waals surface area (Å²) in [5.41, 5.74) is 6.75. The Kier molecular flexibility index (Phi) is 5.80. The van der Waals surface area contributed by atoms with Crippen LogP contribution in [0.4, 0.5) is 0 Å². The molecule has 2 unspecified atom stereocenters. The highest BCUT2D eigenvalue weighted by molar-refractivity contribution is 5.79. The highest BCUT2D eigenvalue weighted by Crippen LogP contribution is 2.25. The van der Waals surface area contributed by atoms with E-state index < -0.39 is 0 Å². The van der Waals surface area contributed by atoms with E-state index in [2.05, 4.69) is 28.9 Å². The van der Waals surface area contributed by atoms with Gasteiger partial charge in [-0.1, -0.05) is 19.1 Å². The van der Waals surface area contributed by atoms with Crippen molar-refractivity contribution in [2.45, 2.75) is 32.4 Å². The molecule has 1 aromatic rings. The summed E-state index contributed by atoms with van der Waals surface area (Å²) in [6, 6.07) is 8.43. The average molecular weight is 305 g/mol. The minimum atomic E-state index is -0.211. The van der Waals surface area contributed by atoms with E-state index in [4.69, 9.17) is 10.5 Å². The molecule has 1 aliphatic heterocycles. The first kappa shape index (κ1) is 16.8. The number of rotatable bonds is 6. The Morgan fingerprint density at radius 2 is 1.91 bits per heavy atom. The molecule has 2 atom stereocenters. The lowest BCUT2D eigenvalue weighted by molar-refractivity contribution is -0.124. The fourth-order valence-corrected chi connectivity index (χ4v) is 3.19. The van der Waals surface area contributed by atoms with Gasteiger partial charge < -0.3 is 10.5 Å². The molecule has 5 nitrogen and oxygen atoms in total. The van der Waals surface area contributed by atoms with Crippen molar-refractivity contribution < 1.29 is 9.53 Å².